The molecular formula is C15H20FN3O2S. The molecule has 0 saturated heterocycles. The molecule has 1 N–H and O–H groups in total. The second kappa shape index (κ2) is 7.02. The number of sulfonamides is 1. The maximum atomic E-state index is 13.1. The normalized spacial score (nSPS) is 12.0. The molecule has 0 unspecified atom stereocenters. The Morgan fingerprint density at radius 1 is 1.36 bits per heavy atom. The predicted molar refractivity (Wildman–Crippen MR) is 82.9 cm³/mol. The summed E-state index contributed by atoms with van der Waals surface area (Å²) in [5.74, 6) is 0.406. The van der Waals surface area contributed by atoms with Gasteiger partial charge in [0.1, 0.15) is 11.6 Å². The fourth-order valence-electron chi connectivity index (χ4n) is 2.14. The second-order valence-electron chi connectivity index (χ2n) is 5.60. The predicted octanol–water partition coefficient (Wildman–Crippen LogP) is 2.30. The smallest absolute Gasteiger partial charge is 0.216 e. The van der Waals surface area contributed by atoms with E-state index in [1.165, 1.54) is 18.2 Å². The minimum Gasteiger partial charge on any atom is -0.334 e. The maximum absolute atomic E-state index is 13.1. The Bertz CT molecular complexity index is 726. The van der Waals surface area contributed by atoms with E-state index >= 15 is 0 Å². The first-order chi connectivity index (χ1) is 10.4. The van der Waals surface area contributed by atoms with Crippen LogP contribution >= 0.6 is 0 Å². The average molecular weight is 325 g/mol. The summed E-state index contributed by atoms with van der Waals surface area (Å²) in [4.78, 5) is 4.17. The molecule has 22 heavy (non-hydrogen) atoms. The van der Waals surface area contributed by atoms with Gasteiger partial charge in [-0.3, -0.25) is 0 Å². The lowest BCUT2D eigenvalue weighted by Crippen LogP contribution is -2.26. The van der Waals surface area contributed by atoms with Crippen molar-refractivity contribution in [1.29, 1.82) is 0 Å². The monoisotopic (exact) mass is 325 g/mol. The zero-order valence-corrected chi connectivity index (χ0v) is 13.5. The number of benzene rings is 1. The minimum atomic E-state index is -3.54. The van der Waals surface area contributed by atoms with Gasteiger partial charge < -0.3 is 4.57 Å². The SMILES string of the molecule is CC(C)Cn1ccnc1CNS(=O)(=O)Cc1cccc(F)c1. The molecule has 120 valence electrons. The Morgan fingerprint density at radius 2 is 2.14 bits per heavy atom. The van der Waals surface area contributed by atoms with Gasteiger partial charge in [-0.15, -0.1) is 0 Å². The van der Waals surface area contributed by atoms with Gasteiger partial charge in [-0.05, 0) is 23.6 Å². The first kappa shape index (κ1) is 16.6. The highest BCUT2D eigenvalue weighted by molar-refractivity contribution is 7.88. The number of nitrogens with one attached hydrogen (secondary N) is 1. The van der Waals surface area contributed by atoms with E-state index < -0.39 is 15.8 Å². The molecule has 0 amide bonds. The second-order valence-corrected chi connectivity index (χ2v) is 7.41. The van der Waals surface area contributed by atoms with Crippen molar-refractivity contribution in [2.75, 3.05) is 0 Å². The molecule has 7 heteroatoms. The average Bonchev–Trinajstić information content (AvgIpc) is 2.82. The molecule has 0 bridgehead atoms. The van der Waals surface area contributed by atoms with Crippen LogP contribution in [0.4, 0.5) is 4.39 Å². The van der Waals surface area contributed by atoms with Crippen molar-refractivity contribution in [2.24, 2.45) is 5.92 Å². The van der Waals surface area contributed by atoms with Crippen molar-refractivity contribution in [2.45, 2.75) is 32.7 Å². The molecule has 0 fully saturated rings. The first-order valence-corrected chi connectivity index (χ1v) is 8.73. The van der Waals surface area contributed by atoms with E-state index in [4.69, 9.17) is 0 Å². The van der Waals surface area contributed by atoms with Crippen LogP contribution in [0.1, 0.15) is 25.2 Å². The van der Waals surface area contributed by atoms with E-state index in [1.807, 2.05) is 10.8 Å². The highest BCUT2D eigenvalue weighted by Crippen LogP contribution is 2.09. The zero-order chi connectivity index (χ0) is 16.2. The van der Waals surface area contributed by atoms with Crippen LogP contribution < -0.4 is 4.72 Å². The van der Waals surface area contributed by atoms with Crippen LogP contribution in [0.15, 0.2) is 36.7 Å². The fraction of sp³-hybridized carbons (Fsp3) is 0.400. The van der Waals surface area contributed by atoms with Crippen LogP contribution in [0.25, 0.3) is 0 Å². The number of aromatic nitrogens is 2. The Kier molecular flexibility index (Phi) is 5.31. The molecule has 1 aromatic carbocycles. The molecule has 0 atom stereocenters. The summed E-state index contributed by atoms with van der Waals surface area (Å²) in [6, 6.07) is 5.59. The summed E-state index contributed by atoms with van der Waals surface area (Å²) in [7, 11) is -3.54. The van der Waals surface area contributed by atoms with Crippen LogP contribution in [0, 0.1) is 11.7 Å². The summed E-state index contributed by atoms with van der Waals surface area (Å²) in [6.45, 7) is 5.06. The van der Waals surface area contributed by atoms with E-state index in [-0.39, 0.29) is 12.3 Å². The quantitative estimate of drug-likeness (QED) is 0.849. The Labute approximate surface area is 130 Å². The molecule has 1 aromatic heterocycles. The summed E-state index contributed by atoms with van der Waals surface area (Å²) < 4.78 is 41.7. The molecule has 0 radical (unpaired) electrons. The molecule has 0 saturated carbocycles. The van der Waals surface area contributed by atoms with Crippen molar-refractivity contribution in [3.8, 4) is 0 Å². The highest BCUT2D eigenvalue weighted by Gasteiger charge is 2.14. The van der Waals surface area contributed by atoms with E-state index in [2.05, 4.69) is 23.6 Å². The van der Waals surface area contributed by atoms with Crippen molar-refractivity contribution in [1.82, 2.24) is 14.3 Å². The maximum Gasteiger partial charge on any atom is 0.216 e. The molecule has 2 aromatic rings. The van der Waals surface area contributed by atoms with E-state index in [0.717, 1.165) is 6.54 Å². The fourth-order valence-corrected chi connectivity index (χ4v) is 3.21. The van der Waals surface area contributed by atoms with Gasteiger partial charge in [0.05, 0.1) is 12.3 Å². The van der Waals surface area contributed by atoms with Crippen LogP contribution in [-0.4, -0.2) is 18.0 Å². The Morgan fingerprint density at radius 3 is 2.82 bits per heavy atom. The van der Waals surface area contributed by atoms with Gasteiger partial charge >= 0.3 is 0 Å². The van der Waals surface area contributed by atoms with Crippen LogP contribution in [-0.2, 0) is 28.9 Å². The Hall–Kier alpha value is -1.73. The van der Waals surface area contributed by atoms with Gasteiger partial charge in [0.25, 0.3) is 0 Å². The molecule has 2 rings (SSSR count). The number of halogens is 1. The number of nitrogens with zero attached hydrogens (tertiary/aromatic N) is 2. The van der Waals surface area contributed by atoms with Crippen molar-refractivity contribution in [3.05, 3.63) is 53.9 Å². The third kappa shape index (κ3) is 4.92. The lowest BCUT2D eigenvalue weighted by atomic mass is 10.2. The van der Waals surface area contributed by atoms with Crippen molar-refractivity contribution < 1.29 is 12.8 Å². The summed E-state index contributed by atoms with van der Waals surface area (Å²) >= 11 is 0. The lowest BCUT2D eigenvalue weighted by Gasteiger charge is -2.11. The third-order valence-corrected chi connectivity index (χ3v) is 4.36. The summed E-state index contributed by atoms with van der Waals surface area (Å²) in [6.07, 6.45) is 3.48. The largest absolute Gasteiger partial charge is 0.334 e. The molecule has 0 aliphatic carbocycles. The van der Waals surface area contributed by atoms with Crippen LogP contribution in [0.3, 0.4) is 0 Å². The zero-order valence-electron chi connectivity index (χ0n) is 12.7. The summed E-state index contributed by atoms with van der Waals surface area (Å²) in [5, 5.41) is 0. The lowest BCUT2D eigenvalue weighted by molar-refractivity contribution is 0.502. The van der Waals surface area contributed by atoms with Gasteiger partial charge in [0, 0.05) is 18.9 Å². The third-order valence-electron chi connectivity index (χ3n) is 3.06. The van der Waals surface area contributed by atoms with E-state index in [0.29, 0.717) is 17.3 Å². The van der Waals surface area contributed by atoms with Gasteiger partial charge in [-0.2, -0.15) is 0 Å². The molecule has 5 nitrogen and oxygen atoms in total. The molecular weight excluding hydrogens is 305 g/mol. The highest BCUT2D eigenvalue weighted by atomic mass is 32.2. The summed E-state index contributed by atoms with van der Waals surface area (Å²) in [5.41, 5.74) is 0.415. The van der Waals surface area contributed by atoms with Crippen LogP contribution in [0.5, 0.6) is 0 Å². The van der Waals surface area contributed by atoms with E-state index in [1.54, 1.807) is 12.3 Å². The van der Waals surface area contributed by atoms with E-state index in [9.17, 15) is 12.8 Å². The van der Waals surface area contributed by atoms with Gasteiger partial charge in [0.15, 0.2) is 0 Å². The molecule has 0 spiro atoms. The van der Waals surface area contributed by atoms with Crippen molar-refractivity contribution in [3.63, 3.8) is 0 Å². The van der Waals surface area contributed by atoms with Gasteiger partial charge in [-0.25, -0.2) is 22.5 Å². The number of rotatable bonds is 7. The topological polar surface area (TPSA) is 64.0 Å². The number of hydrogen-bond acceptors (Lipinski definition) is 3. The van der Waals surface area contributed by atoms with Crippen LogP contribution in [0.2, 0.25) is 0 Å². The van der Waals surface area contributed by atoms with Gasteiger partial charge in [-0.1, -0.05) is 26.0 Å². The first-order valence-electron chi connectivity index (χ1n) is 7.07. The Balaban J connectivity index is 2.00. The molecule has 0 aliphatic heterocycles. The molecule has 0 aliphatic rings. The number of hydrogen-bond donors (Lipinski definition) is 1. The van der Waals surface area contributed by atoms with Crippen molar-refractivity contribution >= 4 is 10.0 Å². The minimum absolute atomic E-state index is 0.122. The van der Waals surface area contributed by atoms with Gasteiger partial charge in [0.2, 0.25) is 10.0 Å². The number of imidazole rings is 1. The standard InChI is InChI=1S/C15H20FN3O2S/c1-12(2)10-19-7-6-17-15(19)9-18-22(20,21)11-13-4-3-5-14(16)8-13/h3-8,12,18H,9-11H2,1-2H3. The molecule has 1 heterocycles.